The van der Waals surface area contributed by atoms with Crippen LogP contribution in [0.3, 0.4) is 0 Å². The van der Waals surface area contributed by atoms with E-state index in [1.54, 1.807) is 6.92 Å². The topological polar surface area (TPSA) is 234 Å². The van der Waals surface area contributed by atoms with Crippen LogP contribution in [-0.2, 0) is 41.4 Å². The highest BCUT2D eigenvalue weighted by molar-refractivity contribution is 7.47. The van der Waals surface area contributed by atoms with Crippen LogP contribution in [0, 0.1) is 0 Å². The Labute approximate surface area is 254 Å². The lowest BCUT2D eigenvalue weighted by Crippen LogP contribution is -2.38. The van der Waals surface area contributed by atoms with E-state index < -0.39 is 77.4 Å². The van der Waals surface area contributed by atoms with Gasteiger partial charge in [-0.1, -0.05) is 18.2 Å². The second kappa shape index (κ2) is 11.7. The zero-order valence-corrected chi connectivity index (χ0v) is 25.4. The zero-order valence-electron chi connectivity index (χ0n) is 23.6. The number of hydrogen-bond acceptors (Lipinski definition) is 13. The van der Waals surface area contributed by atoms with Crippen LogP contribution in [0.1, 0.15) is 25.8 Å². The summed E-state index contributed by atoms with van der Waals surface area (Å²) in [5.41, 5.74) is 5.88. The number of rotatable bonds is 4. The highest BCUT2D eigenvalue weighted by Crippen LogP contribution is 2.54. The minimum atomic E-state index is -4.90. The number of nitrogen functional groups attached to an aromatic ring is 1. The van der Waals surface area contributed by atoms with E-state index in [4.69, 9.17) is 38.0 Å². The Bertz CT molecular complexity index is 1880. The van der Waals surface area contributed by atoms with Crippen molar-refractivity contribution in [3.63, 3.8) is 0 Å². The van der Waals surface area contributed by atoms with Crippen molar-refractivity contribution in [1.29, 1.82) is 0 Å². The van der Waals surface area contributed by atoms with Crippen molar-refractivity contribution in [3.05, 3.63) is 53.2 Å². The average Bonchev–Trinajstić information content (AvgIpc) is 3.76. The number of nitrogens with one attached hydrogen (secondary N) is 1. The van der Waals surface area contributed by atoms with E-state index in [1.807, 2.05) is 41.1 Å². The lowest BCUT2D eigenvalue weighted by Gasteiger charge is -2.26. The van der Waals surface area contributed by atoms with Crippen LogP contribution < -0.4 is 11.3 Å². The smallest absolute Gasteiger partial charge is 0.373 e. The van der Waals surface area contributed by atoms with Crippen LogP contribution in [-0.4, -0.2) is 84.2 Å². The predicted molar refractivity (Wildman–Crippen MR) is 154 cm³/mol. The van der Waals surface area contributed by atoms with Crippen LogP contribution in [0.4, 0.5) is 5.95 Å². The fraction of sp³-hybridized carbons (Fsp3) is 0.480. The standard InChI is InChI=1S/C25H30N6O12P2/c1-2-37-20-17-11-39-44(33,34)42-15-9-18(30-8-7-13-5-3-4-6-14(13)30)40-16(15)10-38-45(35,36)43-21(20)24(41-17)31-12-27-19-22(31)28-25(26)29-23(19)32/h3-8,12,15-18,20-21,24H,2,9-11H2,1H3,(H,33,34)(H,35,36)(H3,26,28,29,32)/t15?,16-,17-,18-,20?,21+,24-/m1/s1. The van der Waals surface area contributed by atoms with E-state index in [0.29, 0.717) is 0 Å². The quantitative estimate of drug-likeness (QED) is 0.228. The van der Waals surface area contributed by atoms with Gasteiger partial charge in [0.05, 0.1) is 25.1 Å². The maximum Gasteiger partial charge on any atom is 0.472 e. The summed E-state index contributed by atoms with van der Waals surface area (Å²) in [4.78, 5) is 44.6. The first kappa shape index (κ1) is 30.7. The Morgan fingerprint density at radius 3 is 2.60 bits per heavy atom. The van der Waals surface area contributed by atoms with Gasteiger partial charge in [-0.2, -0.15) is 4.98 Å². The van der Waals surface area contributed by atoms with Crippen LogP contribution in [0.25, 0.3) is 22.1 Å². The Balaban J connectivity index is 1.21. The summed E-state index contributed by atoms with van der Waals surface area (Å²) in [7, 11) is -9.66. The van der Waals surface area contributed by atoms with Crippen LogP contribution in [0.15, 0.2) is 47.7 Å². The molecule has 0 amide bonds. The van der Waals surface area contributed by atoms with Gasteiger partial charge in [0, 0.05) is 19.2 Å². The molecule has 242 valence electrons. The van der Waals surface area contributed by atoms with E-state index in [9.17, 15) is 23.7 Å². The summed E-state index contributed by atoms with van der Waals surface area (Å²) in [6.45, 7) is 0.682. The number of H-pyrrole nitrogens is 1. The molecule has 18 nitrogen and oxygen atoms in total. The molecule has 4 unspecified atom stereocenters. The molecular weight excluding hydrogens is 638 g/mol. The lowest BCUT2D eigenvalue weighted by atomic mass is 10.1. The van der Waals surface area contributed by atoms with E-state index in [1.165, 1.54) is 10.9 Å². The molecule has 9 atom stereocenters. The number of anilines is 1. The molecule has 0 radical (unpaired) electrons. The van der Waals surface area contributed by atoms with Crippen molar-refractivity contribution in [3.8, 4) is 0 Å². The maximum absolute atomic E-state index is 13.4. The molecule has 7 rings (SSSR count). The number of nitrogens with two attached hydrogens (primary N) is 1. The maximum atomic E-state index is 13.4. The lowest BCUT2D eigenvalue weighted by molar-refractivity contribution is -0.0676. The van der Waals surface area contributed by atoms with Gasteiger partial charge >= 0.3 is 15.6 Å². The molecule has 6 heterocycles. The molecule has 0 saturated carbocycles. The highest BCUT2D eigenvalue weighted by atomic mass is 31.2. The zero-order chi connectivity index (χ0) is 31.5. The molecule has 1 aromatic carbocycles. The largest absolute Gasteiger partial charge is 0.472 e. The van der Waals surface area contributed by atoms with Crippen molar-refractivity contribution in [2.45, 2.75) is 56.3 Å². The third kappa shape index (κ3) is 5.88. The fourth-order valence-corrected chi connectivity index (χ4v) is 7.80. The number of aromatic amines is 1. The molecule has 2 bridgehead atoms. The van der Waals surface area contributed by atoms with Crippen LogP contribution in [0.2, 0.25) is 0 Å². The van der Waals surface area contributed by atoms with Crippen molar-refractivity contribution in [2.75, 3.05) is 25.6 Å². The van der Waals surface area contributed by atoms with Crippen molar-refractivity contribution >= 4 is 43.7 Å². The van der Waals surface area contributed by atoms with E-state index in [0.717, 1.165) is 10.9 Å². The molecular formula is C25H30N6O12P2. The van der Waals surface area contributed by atoms with E-state index in [2.05, 4.69) is 15.0 Å². The fourth-order valence-electron chi connectivity index (χ4n) is 5.91. The molecule has 3 saturated heterocycles. The second-order valence-electron chi connectivity index (χ2n) is 10.6. The Morgan fingerprint density at radius 1 is 1.04 bits per heavy atom. The monoisotopic (exact) mass is 668 g/mol. The Hall–Kier alpha value is -2.99. The average molecular weight is 668 g/mol. The highest BCUT2D eigenvalue weighted by Gasteiger charge is 2.53. The normalized spacial score (nSPS) is 36.0. The number of para-hydroxylation sites is 1. The number of phosphoric acid groups is 2. The van der Waals surface area contributed by atoms with Crippen molar-refractivity contribution in [2.24, 2.45) is 0 Å². The van der Waals surface area contributed by atoms with E-state index >= 15 is 0 Å². The summed E-state index contributed by atoms with van der Waals surface area (Å²) < 4.78 is 69.8. The first-order chi connectivity index (χ1) is 21.5. The number of nitrogens with zero attached hydrogens (tertiary/aromatic N) is 4. The molecule has 3 aromatic heterocycles. The van der Waals surface area contributed by atoms with Gasteiger partial charge in [0.2, 0.25) is 5.95 Å². The summed E-state index contributed by atoms with van der Waals surface area (Å²) in [5, 5.41) is 0.951. The second-order valence-corrected chi connectivity index (χ2v) is 13.5. The van der Waals surface area contributed by atoms with Gasteiger partial charge in [0.15, 0.2) is 17.4 Å². The molecule has 3 aliphatic heterocycles. The third-order valence-electron chi connectivity index (χ3n) is 7.82. The van der Waals surface area contributed by atoms with E-state index in [-0.39, 0.29) is 30.1 Å². The van der Waals surface area contributed by atoms with Gasteiger partial charge in [-0.05, 0) is 24.4 Å². The number of ether oxygens (including phenoxy) is 3. The van der Waals surface area contributed by atoms with Crippen molar-refractivity contribution in [1.82, 2.24) is 24.1 Å². The number of imidazole rings is 1. The summed E-state index contributed by atoms with van der Waals surface area (Å²) in [6, 6.07) is 9.48. The molecule has 45 heavy (non-hydrogen) atoms. The summed E-state index contributed by atoms with van der Waals surface area (Å²) >= 11 is 0. The van der Waals surface area contributed by atoms with Gasteiger partial charge in [-0.25, -0.2) is 14.1 Å². The van der Waals surface area contributed by atoms with Crippen LogP contribution >= 0.6 is 15.6 Å². The molecule has 3 aliphatic rings. The minimum Gasteiger partial charge on any atom is -0.373 e. The Morgan fingerprint density at radius 2 is 1.80 bits per heavy atom. The number of benzene rings is 1. The van der Waals surface area contributed by atoms with Gasteiger partial charge in [0.25, 0.3) is 5.56 Å². The predicted octanol–water partition coefficient (Wildman–Crippen LogP) is 1.96. The molecule has 4 aromatic rings. The molecule has 5 N–H and O–H groups in total. The molecule has 3 fully saturated rings. The number of phosphoric ester groups is 2. The number of hydrogen-bond donors (Lipinski definition) is 4. The SMILES string of the molecule is CCOC1[C@H]2COP(=O)(O)OC3C[C@H](n4ccc5ccccc54)O[C@@H]3COP(=O)(O)O[C@@H]1[C@H](n1cnc3c(=O)[nH]c(N)nc31)O2. The molecule has 0 aliphatic carbocycles. The first-order valence-electron chi connectivity index (χ1n) is 14.0. The number of fused-ring (bicyclic) bond motifs is 5. The summed E-state index contributed by atoms with van der Waals surface area (Å²) in [6.07, 6.45) is -4.57. The van der Waals surface area contributed by atoms with Gasteiger partial charge in [0.1, 0.15) is 36.7 Å². The summed E-state index contributed by atoms with van der Waals surface area (Å²) in [5.74, 6) is -0.208. The van der Waals surface area contributed by atoms with Gasteiger partial charge in [-0.3, -0.25) is 32.4 Å². The minimum absolute atomic E-state index is 0.0107. The third-order valence-corrected chi connectivity index (χ3v) is 9.81. The molecule has 0 spiro atoms. The number of aromatic nitrogens is 5. The van der Waals surface area contributed by atoms with Gasteiger partial charge < -0.3 is 34.3 Å². The Kier molecular flexibility index (Phi) is 7.95. The van der Waals surface area contributed by atoms with Crippen molar-refractivity contribution < 1.29 is 51.2 Å². The molecule has 20 heteroatoms. The van der Waals surface area contributed by atoms with Crippen LogP contribution in [0.5, 0.6) is 0 Å². The first-order valence-corrected chi connectivity index (χ1v) is 17.0. The van der Waals surface area contributed by atoms with Gasteiger partial charge in [-0.15, -0.1) is 0 Å².